The smallest absolute Gasteiger partial charge is 0.0953 e. The molecule has 3 nitrogen and oxygen atoms in total. The summed E-state index contributed by atoms with van der Waals surface area (Å²) in [6.45, 7) is 4.36. The average molecular weight is 290 g/mol. The van der Waals surface area contributed by atoms with Gasteiger partial charge in [0.2, 0.25) is 0 Å². The van der Waals surface area contributed by atoms with Crippen LogP contribution in [-0.4, -0.2) is 22.6 Å². The largest absolute Gasteiger partial charge is 0.327 e. The number of aromatic nitrogens is 2. The summed E-state index contributed by atoms with van der Waals surface area (Å²) in [7, 11) is 0. The molecule has 0 spiro atoms. The van der Waals surface area contributed by atoms with Crippen molar-refractivity contribution in [1.82, 2.24) is 14.9 Å². The number of benzene rings is 1. The van der Waals surface area contributed by atoms with Crippen LogP contribution in [0, 0.1) is 0 Å². The molecule has 1 N–H and O–H groups in total. The highest BCUT2D eigenvalue weighted by molar-refractivity contribution is 6.31. The first-order valence-electron chi connectivity index (χ1n) is 7.24. The molecule has 1 aromatic heterocycles. The van der Waals surface area contributed by atoms with Gasteiger partial charge in [0.15, 0.2) is 0 Å². The molecule has 2 heterocycles. The van der Waals surface area contributed by atoms with Gasteiger partial charge in [-0.1, -0.05) is 29.8 Å². The van der Waals surface area contributed by atoms with Crippen molar-refractivity contribution in [2.24, 2.45) is 0 Å². The first-order valence-corrected chi connectivity index (χ1v) is 7.62. The summed E-state index contributed by atoms with van der Waals surface area (Å²) in [4.78, 5) is 4.37. The average Bonchev–Trinajstić information content (AvgIpc) is 2.97. The summed E-state index contributed by atoms with van der Waals surface area (Å²) in [6, 6.07) is 8.26. The fourth-order valence-electron chi connectivity index (χ4n) is 3.02. The monoisotopic (exact) mass is 289 g/mol. The molecule has 20 heavy (non-hydrogen) atoms. The predicted molar refractivity (Wildman–Crippen MR) is 82.3 cm³/mol. The molecule has 1 aliphatic heterocycles. The highest BCUT2D eigenvalue weighted by Gasteiger charge is 2.22. The second-order valence-corrected chi connectivity index (χ2v) is 5.87. The van der Waals surface area contributed by atoms with Gasteiger partial charge in [-0.2, -0.15) is 0 Å². The van der Waals surface area contributed by atoms with Crippen LogP contribution in [0.3, 0.4) is 0 Å². The van der Waals surface area contributed by atoms with E-state index < -0.39 is 0 Å². The van der Waals surface area contributed by atoms with Crippen molar-refractivity contribution in [3.05, 3.63) is 53.1 Å². The molecule has 106 valence electrons. The van der Waals surface area contributed by atoms with Crippen molar-refractivity contribution in [2.75, 3.05) is 13.1 Å². The zero-order chi connectivity index (χ0) is 13.9. The Morgan fingerprint density at radius 1 is 1.40 bits per heavy atom. The van der Waals surface area contributed by atoms with Crippen LogP contribution < -0.4 is 5.32 Å². The molecule has 1 aliphatic rings. The number of hydrogen-bond acceptors (Lipinski definition) is 2. The van der Waals surface area contributed by atoms with Gasteiger partial charge in [-0.25, -0.2) is 4.98 Å². The first kappa shape index (κ1) is 13.7. The summed E-state index contributed by atoms with van der Waals surface area (Å²) in [5, 5.41) is 4.29. The van der Waals surface area contributed by atoms with Crippen LogP contribution in [0.4, 0.5) is 0 Å². The van der Waals surface area contributed by atoms with Gasteiger partial charge in [-0.3, -0.25) is 0 Å². The van der Waals surface area contributed by atoms with E-state index in [1.165, 1.54) is 18.5 Å². The molecule has 0 radical (unpaired) electrons. The van der Waals surface area contributed by atoms with Gasteiger partial charge >= 0.3 is 0 Å². The van der Waals surface area contributed by atoms with Crippen molar-refractivity contribution >= 4 is 11.6 Å². The van der Waals surface area contributed by atoms with E-state index in [4.69, 9.17) is 11.6 Å². The minimum atomic E-state index is 0.211. The Balaban J connectivity index is 1.91. The normalized spacial score (nSPS) is 20.8. The highest BCUT2D eigenvalue weighted by Crippen LogP contribution is 2.30. The standard InChI is InChI=1S/C16H20ClN3/c1-12(14-6-2-3-7-15(14)17)20-11-19-10-16(20)13-5-4-8-18-9-13/h2-3,6-7,10-13,18H,4-5,8-9H2,1H3. The SMILES string of the molecule is CC(c1ccccc1Cl)n1cncc1C1CCCNC1. The fraction of sp³-hybridized carbons (Fsp3) is 0.438. The molecule has 2 atom stereocenters. The van der Waals surface area contributed by atoms with Crippen LogP contribution in [0.5, 0.6) is 0 Å². The molecule has 2 unspecified atom stereocenters. The van der Waals surface area contributed by atoms with Crippen LogP contribution in [0.15, 0.2) is 36.8 Å². The Kier molecular flexibility index (Phi) is 4.08. The maximum Gasteiger partial charge on any atom is 0.0953 e. The molecule has 4 heteroatoms. The van der Waals surface area contributed by atoms with E-state index in [0.717, 1.165) is 23.7 Å². The minimum absolute atomic E-state index is 0.211. The summed E-state index contributed by atoms with van der Waals surface area (Å²) >= 11 is 6.33. The summed E-state index contributed by atoms with van der Waals surface area (Å²) < 4.78 is 2.26. The predicted octanol–water partition coefficient (Wildman–Crippen LogP) is 3.61. The zero-order valence-electron chi connectivity index (χ0n) is 11.7. The maximum atomic E-state index is 6.33. The number of rotatable bonds is 3. The lowest BCUT2D eigenvalue weighted by Crippen LogP contribution is -2.30. The number of halogens is 1. The van der Waals surface area contributed by atoms with Gasteiger partial charge in [0.1, 0.15) is 0 Å². The number of imidazole rings is 1. The second kappa shape index (κ2) is 5.98. The Bertz CT molecular complexity index is 573. The van der Waals surface area contributed by atoms with E-state index in [0.29, 0.717) is 5.92 Å². The summed E-state index contributed by atoms with van der Waals surface area (Å²) in [6.07, 6.45) is 6.40. The molecule has 1 aromatic carbocycles. The topological polar surface area (TPSA) is 29.9 Å². The van der Waals surface area contributed by atoms with E-state index in [1.54, 1.807) is 0 Å². The fourth-order valence-corrected chi connectivity index (χ4v) is 3.32. The Morgan fingerprint density at radius 2 is 2.25 bits per heavy atom. The Labute approximate surface area is 125 Å². The lowest BCUT2D eigenvalue weighted by molar-refractivity contribution is 0.435. The maximum absolute atomic E-state index is 6.33. The Morgan fingerprint density at radius 3 is 3.00 bits per heavy atom. The van der Waals surface area contributed by atoms with Crippen LogP contribution in [0.2, 0.25) is 5.02 Å². The highest BCUT2D eigenvalue weighted by atomic mass is 35.5. The van der Waals surface area contributed by atoms with Crippen molar-refractivity contribution in [2.45, 2.75) is 31.7 Å². The van der Waals surface area contributed by atoms with E-state index >= 15 is 0 Å². The van der Waals surface area contributed by atoms with E-state index in [9.17, 15) is 0 Å². The molecule has 3 rings (SSSR count). The minimum Gasteiger partial charge on any atom is -0.327 e. The van der Waals surface area contributed by atoms with E-state index in [1.807, 2.05) is 30.7 Å². The molecule has 2 aromatic rings. The Hall–Kier alpha value is -1.32. The van der Waals surface area contributed by atoms with E-state index in [2.05, 4.69) is 27.9 Å². The van der Waals surface area contributed by atoms with Gasteiger partial charge in [0.05, 0.1) is 12.4 Å². The lowest BCUT2D eigenvalue weighted by Gasteiger charge is -2.26. The van der Waals surface area contributed by atoms with E-state index in [-0.39, 0.29) is 6.04 Å². The third-order valence-corrected chi connectivity index (χ3v) is 4.53. The third-order valence-electron chi connectivity index (χ3n) is 4.18. The molecule has 0 bridgehead atoms. The quantitative estimate of drug-likeness (QED) is 0.935. The first-order chi connectivity index (χ1) is 9.77. The van der Waals surface area contributed by atoms with Crippen LogP contribution >= 0.6 is 11.6 Å². The zero-order valence-corrected chi connectivity index (χ0v) is 12.5. The molecule has 0 aliphatic carbocycles. The van der Waals surface area contributed by atoms with Crippen molar-refractivity contribution in [3.8, 4) is 0 Å². The third kappa shape index (κ3) is 2.60. The molecule has 1 fully saturated rings. The second-order valence-electron chi connectivity index (χ2n) is 5.47. The van der Waals surface area contributed by atoms with Crippen LogP contribution in [0.25, 0.3) is 0 Å². The van der Waals surface area contributed by atoms with Crippen molar-refractivity contribution < 1.29 is 0 Å². The summed E-state index contributed by atoms with van der Waals surface area (Å²) in [5.74, 6) is 0.552. The molecule has 1 saturated heterocycles. The number of nitrogens with one attached hydrogen (secondary N) is 1. The van der Waals surface area contributed by atoms with Crippen molar-refractivity contribution in [1.29, 1.82) is 0 Å². The van der Waals surface area contributed by atoms with Gasteiger partial charge in [-0.05, 0) is 37.9 Å². The summed E-state index contributed by atoms with van der Waals surface area (Å²) in [5.41, 5.74) is 2.46. The van der Waals surface area contributed by atoms with Gasteiger partial charge < -0.3 is 9.88 Å². The van der Waals surface area contributed by atoms with Gasteiger partial charge in [0, 0.05) is 29.4 Å². The van der Waals surface area contributed by atoms with Gasteiger partial charge in [-0.15, -0.1) is 0 Å². The van der Waals surface area contributed by atoms with Crippen LogP contribution in [0.1, 0.15) is 43.0 Å². The number of piperidine rings is 1. The number of hydrogen-bond donors (Lipinski definition) is 1. The molecule has 0 saturated carbocycles. The molecule has 0 amide bonds. The number of nitrogens with zero attached hydrogens (tertiary/aromatic N) is 2. The lowest BCUT2D eigenvalue weighted by atomic mass is 9.95. The molecular formula is C16H20ClN3. The molecular weight excluding hydrogens is 270 g/mol. The van der Waals surface area contributed by atoms with Crippen LogP contribution in [-0.2, 0) is 0 Å². The van der Waals surface area contributed by atoms with Gasteiger partial charge in [0.25, 0.3) is 0 Å². The van der Waals surface area contributed by atoms with Crippen molar-refractivity contribution in [3.63, 3.8) is 0 Å².